The Kier molecular flexibility index (Phi) is 10.6. The largest absolute Gasteiger partial charge is 0.378 e. The molecule has 0 atom stereocenters. The Bertz CT molecular complexity index is 716. The van der Waals surface area contributed by atoms with Gasteiger partial charge in [-0.2, -0.15) is 4.31 Å². The average molecular weight is 529 g/mol. The van der Waals surface area contributed by atoms with Gasteiger partial charge >= 0.3 is 0 Å². The highest BCUT2D eigenvalue weighted by Crippen LogP contribution is 2.09. The third-order valence-corrected chi connectivity index (χ3v) is 6.21. The van der Waals surface area contributed by atoms with Crippen molar-refractivity contribution in [1.29, 1.82) is 0 Å². The quantitative estimate of drug-likeness (QED) is 0.295. The van der Waals surface area contributed by atoms with Gasteiger partial charge < -0.3 is 19.5 Å². The molecule has 12 heteroatoms. The summed E-state index contributed by atoms with van der Waals surface area (Å²) in [6.45, 7) is 9.43. The summed E-state index contributed by atoms with van der Waals surface area (Å²) in [6.07, 6.45) is 1.73. The van der Waals surface area contributed by atoms with Crippen LogP contribution in [0.3, 0.4) is 0 Å². The number of aromatic nitrogens is 3. The molecule has 0 spiro atoms. The second-order valence-corrected chi connectivity index (χ2v) is 8.64. The van der Waals surface area contributed by atoms with Crippen LogP contribution in [0.1, 0.15) is 26.6 Å². The Balaban J connectivity index is 0.00000392. The van der Waals surface area contributed by atoms with Crippen LogP contribution in [0.4, 0.5) is 0 Å². The average Bonchev–Trinajstić information content (AvgIpc) is 3.10. The van der Waals surface area contributed by atoms with Gasteiger partial charge in [-0.1, -0.05) is 0 Å². The van der Waals surface area contributed by atoms with E-state index in [2.05, 4.69) is 25.4 Å². The van der Waals surface area contributed by atoms with E-state index < -0.39 is 10.0 Å². The van der Waals surface area contributed by atoms with Crippen LogP contribution < -0.4 is 5.32 Å². The fraction of sp³-hybridized carbons (Fsp3) is 0.812. The van der Waals surface area contributed by atoms with Gasteiger partial charge in [0, 0.05) is 39.8 Å². The zero-order valence-electron chi connectivity index (χ0n) is 17.0. The van der Waals surface area contributed by atoms with Gasteiger partial charge in [-0.3, -0.25) is 4.99 Å². The summed E-state index contributed by atoms with van der Waals surface area (Å²) in [5.74, 6) is 1.59. The van der Waals surface area contributed by atoms with Gasteiger partial charge in [0.1, 0.15) is 6.33 Å². The zero-order valence-corrected chi connectivity index (χ0v) is 20.2. The third-order valence-electron chi connectivity index (χ3n) is 4.38. The number of nitrogens with one attached hydrogen (secondary N) is 1. The molecule has 1 N–H and O–H groups in total. The summed E-state index contributed by atoms with van der Waals surface area (Å²) < 4.78 is 33.7. The highest BCUT2D eigenvalue weighted by Gasteiger charge is 2.28. The fourth-order valence-corrected chi connectivity index (χ4v) is 4.15. The monoisotopic (exact) mass is 529 g/mol. The van der Waals surface area contributed by atoms with Crippen LogP contribution in [0.2, 0.25) is 0 Å². The maximum absolute atomic E-state index is 12.4. The topological polar surface area (TPSA) is 105 Å². The number of guanidine groups is 1. The standard InChI is InChI=1S/C16H31N7O3S.HI/c1-5-21-13-19-20-15(21)12-18-16(17-4)22-6-8-23(9-7-22)27(24,25)11-10-26-14(2)3;/h13-14H,5-12H2,1-4H3,(H,17,18);1H. The van der Waals surface area contributed by atoms with Gasteiger partial charge in [-0.25, -0.2) is 8.42 Å². The van der Waals surface area contributed by atoms with Crippen LogP contribution in [0.15, 0.2) is 11.3 Å². The van der Waals surface area contributed by atoms with E-state index in [1.165, 1.54) is 4.31 Å². The highest BCUT2D eigenvalue weighted by molar-refractivity contribution is 14.0. The number of piperazine rings is 1. The molecular formula is C16H32IN7O3S. The molecule has 1 fully saturated rings. The summed E-state index contributed by atoms with van der Waals surface area (Å²) in [4.78, 5) is 6.37. The van der Waals surface area contributed by atoms with E-state index in [1.54, 1.807) is 13.4 Å². The molecule has 2 heterocycles. The van der Waals surface area contributed by atoms with E-state index in [0.717, 1.165) is 18.3 Å². The van der Waals surface area contributed by atoms with Crippen molar-refractivity contribution in [2.75, 3.05) is 45.6 Å². The van der Waals surface area contributed by atoms with Crippen LogP contribution in [0.25, 0.3) is 0 Å². The van der Waals surface area contributed by atoms with Crippen molar-refractivity contribution in [3.8, 4) is 0 Å². The van der Waals surface area contributed by atoms with Crippen molar-refractivity contribution >= 4 is 40.0 Å². The summed E-state index contributed by atoms with van der Waals surface area (Å²) in [7, 11) is -1.57. The van der Waals surface area contributed by atoms with Crippen molar-refractivity contribution in [3.05, 3.63) is 12.2 Å². The molecular weight excluding hydrogens is 497 g/mol. The fourth-order valence-electron chi connectivity index (χ4n) is 2.87. The molecule has 2 rings (SSSR count). The predicted octanol–water partition coefficient (Wildman–Crippen LogP) is 0.364. The molecule has 1 saturated heterocycles. The van der Waals surface area contributed by atoms with Gasteiger partial charge in [0.25, 0.3) is 0 Å². The first-order valence-corrected chi connectivity index (χ1v) is 10.9. The molecule has 162 valence electrons. The lowest BCUT2D eigenvalue weighted by atomic mass is 10.4. The normalized spacial score (nSPS) is 16.3. The maximum Gasteiger partial charge on any atom is 0.216 e. The van der Waals surface area contributed by atoms with Crippen molar-refractivity contribution in [3.63, 3.8) is 0 Å². The van der Waals surface area contributed by atoms with E-state index in [-0.39, 0.29) is 42.4 Å². The van der Waals surface area contributed by atoms with Crippen molar-refractivity contribution in [2.24, 2.45) is 4.99 Å². The molecule has 0 aliphatic carbocycles. The highest BCUT2D eigenvalue weighted by atomic mass is 127. The Morgan fingerprint density at radius 3 is 2.57 bits per heavy atom. The van der Waals surface area contributed by atoms with Crippen molar-refractivity contribution in [2.45, 2.75) is 40.0 Å². The lowest BCUT2D eigenvalue weighted by molar-refractivity contribution is 0.0904. The molecule has 28 heavy (non-hydrogen) atoms. The van der Waals surface area contributed by atoms with Crippen LogP contribution in [-0.2, 0) is 27.8 Å². The number of aliphatic imine (C=N–C) groups is 1. The van der Waals surface area contributed by atoms with Crippen molar-refractivity contribution in [1.82, 2.24) is 29.3 Å². The molecule has 0 bridgehead atoms. The molecule has 10 nitrogen and oxygen atoms in total. The van der Waals surface area contributed by atoms with Gasteiger partial charge in [0.15, 0.2) is 11.8 Å². The van der Waals surface area contributed by atoms with Crippen LogP contribution >= 0.6 is 24.0 Å². The van der Waals surface area contributed by atoms with Gasteiger partial charge in [0.2, 0.25) is 10.0 Å². The van der Waals surface area contributed by atoms with E-state index in [0.29, 0.717) is 32.7 Å². The first kappa shape index (κ1) is 25.0. The minimum absolute atomic E-state index is 0. The SMILES string of the molecule is CCn1cnnc1CNC(=NC)N1CCN(S(=O)(=O)CCOC(C)C)CC1.I. The molecule has 1 aliphatic heterocycles. The number of halogens is 1. The first-order valence-electron chi connectivity index (χ1n) is 9.29. The van der Waals surface area contributed by atoms with Crippen LogP contribution in [-0.4, -0.2) is 90.0 Å². The van der Waals surface area contributed by atoms with E-state index in [9.17, 15) is 8.42 Å². The zero-order chi connectivity index (χ0) is 19.9. The smallest absolute Gasteiger partial charge is 0.216 e. The van der Waals surface area contributed by atoms with Crippen molar-refractivity contribution < 1.29 is 13.2 Å². The number of rotatable bonds is 8. The van der Waals surface area contributed by atoms with E-state index in [1.807, 2.05) is 25.3 Å². The maximum atomic E-state index is 12.4. The second-order valence-electron chi connectivity index (χ2n) is 6.56. The molecule has 1 aromatic rings. The molecule has 1 aromatic heterocycles. The van der Waals surface area contributed by atoms with Gasteiger partial charge in [-0.15, -0.1) is 34.2 Å². The summed E-state index contributed by atoms with van der Waals surface area (Å²) in [5, 5.41) is 11.3. The Hall–Kier alpha value is -0.990. The van der Waals surface area contributed by atoms with Gasteiger partial charge in [0.05, 0.1) is 25.0 Å². The predicted molar refractivity (Wildman–Crippen MR) is 119 cm³/mol. The lowest BCUT2D eigenvalue weighted by Crippen LogP contribution is -2.54. The number of hydrogen-bond acceptors (Lipinski definition) is 6. The molecule has 0 saturated carbocycles. The Morgan fingerprint density at radius 1 is 1.32 bits per heavy atom. The summed E-state index contributed by atoms with van der Waals surface area (Å²) in [6, 6.07) is 0. The first-order chi connectivity index (χ1) is 12.9. The third kappa shape index (κ3) is 7.12. The lowest BCUT2D eigenvalue weighted by Gasteiger charge is -2.35. The minimum Gasteiger partial charge on any atom is -0.378 e. The Labute approximate surface area is 184 Å². The molecule has 0 aromatic carbocycles. The number of hydrogen-bond donors (Lipinski definition) is 1. The second kappa shape index (κ2) is 11.9. The Morgan fingerprint density at radius 2 is 2.00 bits per heavy atom. The van der Waals surface area contributed by atoms with E-state index in [4.69, 9.17) is 4.74 Å². The van der Waals surface area contributed by atoms with Gasteiger partial charge in [-0.05, 0) is 20.8 Å². The minimum atomic E-state index is -3.29. The van der Waals surface area contributed by atoms with Crippen LogP contribution in [0.5, 0.6) is 0 Å². The molecule has 0 radical (unpaired) electrons. The molecule has 0 amide bonds. The molecule has 0 unspecified atom stereocenters. The van der Waals surface area contributed by atoms with E-state index >= 15 is 0 Å². The number of nitrogens with zero attached hydrogens (tertiary/aromatic N) is 6. The number of aryl methyl sites for hydroxylation is 1. The molecule has 1 aliphatic rings. The van der Waals surface area contributed by atoms with Crippen LogP contribution in [0, 0.1) is 0 Å². The summed E-state index contributed by atoms with van der Waals surface area (Å²) in [5.41, 5.74) is 0. The number of sulfonamides is 1. The number of ether oxygens (including phenoxy) is 1. The summed E-state index contributed by atoms with van der Waals surface area (Å²) >= 11 is 0.